The predicted octanol–water partition coefficient (Wildman–Crippen LogP) is 7.60. The second-order valence-corrected chi connectivity index (χ2v) is 12.1. The molecule has 37 heavy (non-hydrogen) atoms. The zero-order valence-electron chi connectivity index (χ0n) is 23.0. The lowest BCUT2D eigenvalue weighted by Crippen LogP contribution is -2.61. The molecule has 0 radical (unpaired) electrons. The van der Waals surface area contributed by atoms with E-state index in [1.165, 1.54) is 17.5 Å². The van der Waals surface area contributed by atoms with Gasteiger partial charge in [0, 0.05) is 22.9 Å². The molecule has 2 aliphatic heterocycles. The van der Waals surface area contributed by atoms with E-state index < -0.39 is 0 Å². The molecule has 5 rings (SSSR count). The monoisotopic (exact) mass is 495 g/mol. The summed E-state index contributed by atoms with van der Waals surface area (Å²) in [6.07, 6.45) is 4.34. The maximum absolute atomic E-state index is 6.89. The van der Waals surface area contributed by atoms with E-state index in [1.54, 1.807) is 0 Å². The summed E-state index contributed by atoms with van der Waals surface area (Å²) >= 11 is 0. The average Bonchev–Trinajstić information content (AvgIpc) is 2.90. The van der Waals surface area contributed by atoms with Crippen molar-refractivity contribution in [1.82, 2.24) is 5.06 Å². The number of hydrazone groups is 1. The smallest absolute Gasteiger partial charge is 0.0919 e. The van der Waals surface area contributed by atoms with Crippen LogP contribution in [-0.4, -0.2) is 34.5 Å². The molecule has 194 valence electrons. The molecule has 2 atom stereocenters. The van der Waals surface area contributed by atoms with Crippen LogP contribution in [0.2, 0.25) is 0 Å². The Morgan fingerprint density at radius 1 is 0.757 bits per heavy atom. The third-order valence-corrected chi connectivity index (χ3v) is 8.39. The molecule has 0 amide bonds. The third kappa shape index (κ3) is 5.10. The zero-order valence-corrected chi connectivity index (χ0v) is 23.0. The summed E-state index contributed by atoms with van der Waals surface area (Å²) in [4.78, 5) is 6.89. The van der Waals surface area contributed by atoms with Gasteiger partial charge >= 0.3 is 0 Å². The van der Waals surface area contributed by atoms with Crippen LogP contribution in [0.15, 0.2) is 96.1 Å². The lowest BCUT2D eigenvalue weighted by Gasteiger charge is -2.53. The second kappa shape index (κ2) is 10.1. The fourth-order valence-corrected chi connectivity index (χ4v) is 6.42. The van der Waals surface area contributed by atoms with Crippen LogP contribution in [0.5, 0.6) is 0 Å². The van der Waals surface area contributed by atoms with Crippen molar-refractivity contribution in [1.29, 1.82) is 0 Å². The molecule has 3 aromatic carbocycles. The zero-order chi connectivity index (χ0) is 26.1. The number of hydroxylamine groups is 2. The lowest BCUT2D eigenvalue weighted by atomic mass is 9.70. The number of nitrogens with zero attached hydrogens (tertiary/aromatic N) is 3. The number of benzene rings is 3. The van der Waals surface area contributed by atoms with Crippen LogP contribution in [0.1, 0.15) is 71.4 Å². The standard InChI is InChI=1S/C33H41N3O/c1-31(2)22-15-23-32(3,4)36(31)37-25-30-33(5,27-18-11-7-12-19-27)24-29(26-16-9-6-10-17-26)34-35(30)28-20-13-8-14-21-28/h6-14,16-21,30H,15,22-25H2,1-5H3. The highest BCUT2D eigenvalue weighted by Crippen LogP contribution is 2.43. The van der Waals surface area contributed by atoms with E-state index in [0.717, 1.165) is 30.7 Å². The molecule has 0 spiro atoms. The first-order chi connectivity index (χ1) is 17.7. The van der Waals surface area contributed by atoms with Crippen molar-refractivity contribution in [3.63, 3.8) is 0 Å². The molecular formula is C33H41N3O. The molecule has 2 unspecified atom stereocenters. The summed E-state index contributed by atoms with van der Waals surface area (Å²) in [5.41, 5.74) is 4.42. The molecule has 2 heterocycles. The first kappa shape index (κ1) is 25.7. The van der Waals surface area contributed by atoms with Gasteiger partial charge in [0.2, 0.25) is 0 Å². The van der Waals surface area contributed by atoms with Gasteiger partial charge in [-0.1, -0.05) is 85.8 Å². The van der Waals surface area contributed by atoms with E-state index in [2.05, 4.69) is 136 Å². The summed E-state index contributed by atoms with van der Waals surface area (Å²) in [6, 6.07) is 32.1. The average molecular weight is 496 g/mol. The van der Waals surface area contributed by atoms with Crippen LogP contribution in [0.3, 0.4) is 0 Å². The van der Waals surface area contributed by atoms with Gasteiger partial charge in [0.05, 0.1) is 24.0 Å². The Morgan fingerprint density at radius 3 is 1.89 bits per heavy atom. The molecule has 3 aromatic rings. The van der Waals surface area contributed by atoms with Crippen molar-refractivity contribution in [2.24, 2.45) is 5.10 Å². The van der Waals surface area contributed by atoms with Gasteiger partial charge in [-0.15, -0.1) is 0 Å². The van der Waals surface area contributed by atoms with Gasteiger partial charge in [0.15, 0.2) is 0 Å². The van der Waals surface area contributed by atoms with Gasteiger partial charge in [-0.25, -0.2) is 0 Å². The molecule has 1 fully saturated rings. The van der Waals surface area contributed by atoms with Crippen molar-refractivity contribution in [2.75, 3.05) is 11.6 Å². The number of hydrogen-bond donors (Lipinski definition) is 0. The molecule has 0 N–H and O–H groups in total. The lowest BCUT2D eigenvalue weighted by molar-refractivity contribution is -0.284. The Kier molecular flexibility index (Phi) is 6.99. The van der Waals surface area contributed by atoms with E-state index in [-0.39, 0.29) is 22.5 Å². The van der Waals surface area contributed by atoms with E-state index in [1.807, 2.05) is 0 Å². The van der Waals surface area contributed by atoms with Crippen molar-refractivity contribution < 1.29 is 4.84 Å². The van der Waals surface area contributed by atoms with Gasteiger partial charge in [0.1, 0.15) is 0 Å². The van der Waals surface area contributed by atoms with Crippen LogP contribution in [0.4, 0.5) is 5.69 Å². The van der Waals surface area contributed by atoms with E-state index in [9.17, 15) is 0 Å². The van der Waals surface area contributed by atoms with Gasteiger partial charge < -0.3 is 0 Å². The summed E-state index contributed by atoms with van der Waals surface area (Å²) < 4.78 is 0. The quantitative estimate of drug-likeness (QED) is 0.352. The van der Waals surface area contributed by atoms with Crippen molar-refractivity contribution >= 4 is 11.4 Å². The van der Waals surface area contributed by atoms with Crippen LogP contribution in [0.25, 0.3) is 0 Å². The van der Waals surface area contributed by atoms with Crippen LogP contribution < -0.4 is 5.01 Å². The fraction of sp³-hybridized carbons (Fsp3) is 0.424. The maximum atomic E-state index is 6.89. The van der Waals surface area contributed by atoms with Crippen LogP contribution in [0, 0.1) is 0 Å². The summed E-state index contributed by atoms with van der Waals surface area (Å²) in [5, 5.41) is 9.82. The molecule has 0 bridgehead atoms. The Labute approximate surface area is 222 Å². The van der Waals surface area contributed by atoms with Gasteiger partial charge in [-0.05, 0) is 70.2 Å². The Hall–Kier alpha value is -2.95. The highest BCUT2D eigenvalue weighted by molar-refractivity contribution is 6.02. The molecule has 0 aliphatic carbocycles. The highest BCUT2D eigenvalue weighted by Gasteiger charge is 2.48. The fourth-order valence-electron chi connectivity index (χ4n) is 6.42. The normalized spacial score (nSPS) is 25.5. The number of para-hydroxylation sites is 1. The number of anilines is 1. The minimum Gasteiger partial charge on any atom is -0.296 e. The topological polar surface area (TPSA) is 28.1 Å². The summed E-state index contributed by atoms with van der Waals surface area (Å²) in [6.45, 7) is 12.2. The van der Waals surface area contributed by atoms with E-state index in [4.69, 9.17) is 9.94 Å². The van der Waals surface area contributed by atoms with Gasteiger partial charge in [0.25, 0.3) is 0 Å². The van der Waals surface area contributed by atoms with E-state index >= 15 is 0 Å². The second-order valence-electron chi connectivity index (χ2n) is 12.1. The van der Waals surface area contributed by atoms with Crippen LogP contribution in [-0.2, 0) is 10.3 Å². The minimum absolute atomic E-state index is 0.0123. The maximum Gasteiger partial charge on any atom is 0.0919 e. The van der Waals surface area contributed by atoms with Crippen molar-refractivity contribution in [3.05, 3.63) is 102 Å². The largest absolute Gasteiger partial charge is 0.296 e. The third-order valence-electron chi connectivity index (χ3n) is 8.39. The minimum atomic E-state index is -0.214. The first-order valence-electron chi connectivity index (χ1n) is 13.7. The van der Waals surface area contributed by atoms with Gasteiger partial charge in [-0.3, -0.25) is 9.85 Å². The molecule has 0 aromatic heterocycles. The van der Waals surface area contributed by atoms with Crippen molar-refractivity contribution in [3.8, 4) is 0 Å². The molecule has 0 saturated carbocycles. The number of rotatable bonds is 6. The number of hydrogen-bond acceptors (Lipinski definition) is 4. The molecule has 4 heteroatoms. The SMILES string of the molecule is CC1(c2ccccc2)CC(c2ccccc2)=NN(c2ccccc2)C1CON1C(C)(C)CCCC1(C)C. The molecular weight excluding hydrogens is 454 g/mol. The predicted molar refractivity (Wildman–Crippen MR) is 154 cm³/mol. The summed E-state index contributed by atoms with van der Waals surface area (Å²) in [5.74, 6) is 0. The Bertz CT molecular complexity index is 1190. The van der Waals surface area contributed by atoms with Gasteiger partial charge in [-0.2, -0.15) is 10.2 Å². The Morgan fingerprint density at radius 2 is 1.30 bits per heavy atom. The molecule has 2 aliphatic rings. The molecule has 4 nitrogen and oxygen atoms in total. The van der Waals surface area contributed by atoms with Crippen LogP contribution >= 0.6 is 0 Å². The number of piperidine rings is 1. The first-order valence-corrected chi connectivity index (χ1v) is 13.7. The molecule has 1 saturated heterocycles. The summed E-state index contributed by atoms with van der Waals surface area (Å²) in [7, 11) is 0. The van der Waals surface area contributed by atoms with Crippen molar-refractivity contribution in [2.45, 2.75) is 82.8 Å². The van der Waals surface area contributed by atoms with E-state index in [0.29, 0.717) is 6.61 Å². The highest BCUT2D eigenvalue weighted by atomic mass is 16.7. The Balaban J connectivity index is 1.60.